The van der Waals surface area contributed by atoms with Gasteiger partial charge >= 0.3 is 0 Å². The monoisotopic (exact) mass is 303 g/mol. The van der Waals surface area contributed by atoms with Crippen LogP contribution in [0.15, 0.2) is 21.7 Å². The third-order valence-corrected chi connectivity index (χ3v) is 3.11. The fourth-order valence-electron chi connectivity index (χ4n) is 1.97. The van der Waals surface area contributed by atoms with Crippen LogP contribution in [0.1, 0.15) is 11.5 Å². The summed E-state index contributed by atoms with van der Waals surface area (Å²) in [6, 6.07) is 3.12. The van der Waals surface area contributed by atoms with Crippen LogP contribution >= 0.6 is 0 Å². The Morgan fingerprint density at radius 1 is 1.19 bits per heavy atom. The van der Waals surface area contributed by atoms with Crippen molar-refractivity contribution in [1.29, 1.82) is 0 Å². The molecule has 2 heterocycles. The van der Waals surface area contributed by atoms with Crippen LogP contribution in [-0.4, -0.2) is 69.2 Å². The molecular weight excluding hydrogens is 286 g/mol. The van der Waals surface area contributed by atoms with E-state index < -0.39 is 37.3 Å². The minimum Gasteiger partial charge on any atom is -0.458 e. The third-order valence-electron chi connectivity index (χ3n) is 3.11. The van der Waals surface area contributed by atoms with E-state index in [9.17, 15) is 15.3 Å². The number of hydrogen-bond donors (Lipinski definition) is 5. The standard InChI is InChI=1S/C12H17NO8/c14-4-8-9(15)10(16)11(17)12(21-8)19-5-7-2-1-6(20-7)3-13-18/h1-3,8-12,14-18H,4-5H2/b13-3+/t8-,9-,10+,11-,12+/m1/s1. The van der Waals surface area contributed by atoms with Crippen molar-refractivity contribution in [2.45, 2.75) is 37.3 Å². The van der Waals surface area contributed by atoms with Crippen LogP contribution in [0.5, 0.6) is 0 Å². The number of rotatable bonds is 5. The summed E-state index contributed by atoms with van der Waals surface area (Å²) in [5.74, 6) is 0.687. The Morgan fingerprint density at radius 3 is 2.62 bits per heavy atom. The summed E-state index contributed by atoms with van der Waals surface area (Å²) < 4.78 is 15.7. The highest BCUT2D eigenvalue weighted by molar-refractivity contribution is 5.75. The zero-order valence-electron chi connectivity index (χ0n) is 10.9. The van der Waals surface area contributed by atoms with Crippen molar-refractivity contribution in [2.24, 2.45) is 5.16 Å². The van der Waals surface area contributed by atoms with Crippen molar-refractivity contribution in [2.75, 3.05) is 6.61 Å². The Hall–Kier alpha value is -1.49. The molecule has 2 rings (SSSR count). The first-order valence-electron chi connectivity index (χ1n) is 6.25. The average molecular weight is 303 g/mol. The van der Waals surface area contributed by atoms with E-state index in [-0.39, 0.29) is 6.61 Å². The maximum atomic E-state index is 9.76. The SMILES string of the molecule is OC[C@H]1O[C@H](OCc2ccc(/C=N/O)o2)[C@H](O)[C@@H](O)[C@@H]1O. The molecule has 0 unspecified atom stereocenters. The van der Waals surface area contributed by atoms with Crippen molar-refractivity contribution in [1.82, 2.24) is 0 Å². The molecule has 1 aromatic rings. The fraction of sp³-hybridized carbons (Fsp3) is 0.583. The molecule has 5 atom stereocenters. The first kappa shape index (κ1) is 15.9. The average Bonchev–Trinajstić information content (AvgIpc) is 2.92. The number of aliphatic hydroxyl groups excluding tert-OH is 4. The summed E-state index contributed by atoms with van der Waals surface area (Å²) in [5, 5.41) is 49.2. The second-order valence-electron chi connectivity index (χ2n) is 4.56. The van der Waals surface area contributed by atoms with Crippen molar-refractivity contribution >= 4 is 6.21 Å². The number of aliphatic hydroxyl groups is 4. The second kappa shape index (κ2) is 6.98. The molecule has 0 aliphatic carbocycles. The van der Waals surface area contributed by atoms with Gasteiger partial charge in [0.05, 0.1) is 6.61 Å². The predicted octanol–water partition coefficient (Wildman–Crippen LogP) is -1.60. The highest BCUT2D eigenvalue weighted by atomic mass is 16.7. The third kappa shape index (κ3) is 3.59. The van der Waals surface area contributed by atoms with Crippen molar-refractivity contribution in [3.8, 4) is 0 Å². The Bertz CT molecular complexity index is 474. The largest absolute Gasteiger partial charge is 0.458 e. The van der Waals surface area contributed by atoms with Gasteiger partial charge in [-0.05, 0) is 12.1 Å². The molecule has 1 aromatic heterocycles. The zero-order valence-corrected chi connectivity index (χ0v) is 10.9. The van der Waals surface area contributed by atoms with Gasteiger partial charge in [-0.3, -0.25) is 0 Å². The van der Waals surface area contributed by atoms with Crippen LogP contribution in [0.4, 0.5) is 0 Å². The molecule has 0 bridgehead atoms. The van der Waals surface area contributed by atoms with Gasteiger partial charge in [-0.15, -0.1) is 0 Å². The highest BCUT2D eigenvalue weighted by Gasteiger charge is 2.44. The molecule has 1 fully saturated rings. The maximum Gasteiger partial charge on any atom is 0.187 e. The summed E-state index contributed by atoms with van der Waals surface area (Å²) in [6.45, 7) is -0.607. The zero-order chi connectivity index (χ0) is 15.4. The number of furan rings is 1. The van der Waals surface area contributed by atoms with Gasteiger partial charge in [-0.25, -0.2) is 0 Å². The Balaban J connectivity index is 1.94. The van der Waals surface area contributed by atoms with E-state index in [1.807, 2.05) is 0 Å². The maximum absolute atomic E-state index is 9.76. The molecule has 0 spiro atoms. The van der Waals surface area contributed by atoms with Gasteiger partial charge in [-0.2, -0.15) is 0 Å². The molecule has 0 radical (unpaired) electrons. The van der Waals surface area contributed by atoms with Gasteiger partial charge < -0.3 is 39.5 Å². The molecule has 0 amide bonds. The van der Waals surface area contributed by atoms with Crippen LogP contribution in [0, 0.1) is 0 Å². The van der Waals surface area contributed by atoms with Gasteiger partial charge in [0, 0.05) is 0 Å². The van der Waals surface area contributed by atoms with E-state index in [4.69, 9.17) is 24.2 Å². The molecule has 9 nitrogen and oxygen atoms in total. The lowest BCUT2D eigenvalue weighted by molar-refractivity contribution is -0.304. The summed E-state index contributed by atoms with van der Waals surface area (Å²) in [6.07, 6.45) is -5.54. The molecule has 118 valence electrons. The lowest BCUT2D eigenvalue weighted by atomic mass is 9.99. The smallest absolute Gasteiger partial charge is 0.187 e. The van der Waals surface area contributed by atoms with E-state index in [1.54, 1.807) is 12.1 Å². The molecule has 9 heteroatoms. The van der Waals surface area contributed by atoms with Crippen LogP contribution in [0.25, 0.3) is 0 Å². The summed E-state index contributed by atoms with van der Waals surface area (Å²) in [7, 11) is 0. The molecule has 0 saturated carbocycles. The van der Waals surface area contributed by atoms with Gasteiger partial charge in [0.15, 0.2) is 6.29 Å². The van der Waals surface area contributed by atoms with Crippen LogP contribution in [0.2, 0.25) is 0 Å². The number of nitrogens with zero attached hydrogens (tertiary/aromatic N) is 1. The predicted molar refractivity (Wildman–Crippen MR) is 66.6 cm³/mol. The lowest BCUT2D eigenvalue weighted by Crippen LogP contribution is -2.59. The van der Waals surface area contributed by atoms with E-state index in [0.29, 0.717) is 11.5 Å². The van der Waals surface area contributed by atoms with Crippen molar-refractivity contribution in [3.05, 3.63) is 23.7 Å². The topological polar surface area (TPSA) is 145 Å². The Kier molecular flexibility index (Phi) is 5.28. The Labute approximate surface area is 119 Å². The minimum atomic E-state index is -1.49. The van der Waals surface area contributed by atoms with Gasteiger partial charge in [-0.1, -0.05) is 5.16 Å². The summed E-state index contributed by atoms with van der Waals surface area (Å²) in [5.41, 5.74) is 0. The summed E-state index contributed by atoms with van der Waals surface area (Å²) >= 11 is 0. The van der Waals surface area contributed by atoms with E-state index in [2.05, 4.69) is 5.16 Å². The highest BCUT2D eigenvalue weighted by Crippen LogP contribution is 2.23. The second-order valence-corrected chi connectivity index (χ2v) is 4.56. The lowest BCUT2D eigenvalue weighted by Gasteiger charge is -2.39. The molecule has 1 aliphatic rings. The molecule has 1 aliphatic heterocycles. The number of hydrogen-bond acceptors (Lipinski definition) is 9. The number of oxime groups is 1. The van der Waals surface area contributed by atoms with E-state index in [0.717, 1.165) is 6.21 Å². The molecular formula is C12H17NO8. The van der Waals surface area contributed by atoms with E-state index in [1.165, 1.54) is 0 Å². The summed E-state index contributed by atoms with van der Waals surface area (Å²) in [4.78, 5) is 0. The Morgan fingerprint density at radius 2 is 1.95 bits per heavy atom. The quantitative estimate of drug-likeness (QED) is 0.248. The molecule has 0 aromatic carbocycles. The molecule has 1 saturated heterocycles. The van der Waals surface area contributed by atoms with Crippen LogP contribution in [-0.2, 0) is 16.1 Å². The first-order chi connectivity index (χ1) is 10.1. The van der Waals surface area contributed by atoms with Crippen LogP contribution < -0.4 is 0 Å². The van der Waals surface area contributed by atoms with E-state index >= 15 is 0 Å². The molecule has 5 N–H and O–H groups in total. The molecule has 21 heavy (non-hydrogen) atoms. The normalized spacial score (nSPS) is 33.6. The number of ether oxygens (including phenoxy) is 2. The van der Waals surface area contributed by atoms with Crippen molar-refractivity contribution in [3.63, 3.8) is 0 Å². The fourth-order valence-corrected chi connectivity index (χ4v) is 1.97. The first-order valence-corrected chi connectivity index (χ1v) is 6.25. The van der Waals surface area contributed by atoms with Gasteiger partial charge in [0.2, 0.25) is 0 Å². The van der Waals surface area contributed by atoms with Crippen molar-refractivity contribution < 1.29 is 39.5 Å². The van der Waals surface area contributed by atoms with Gasteiger partial charge in [0.1, 0.15) is 48.8 Å². The van der Waals surface area contributed by atoms with Crippen LogP contribution in [0.3, 0.4) is 0 Å². The minimum absolute atomic E-state index is 0.0814. The van der Waals surface area contributed by atoms with Gasteiger partial charge in [0.25, 0.3) is 0 Å².